The van der Waals surface area contributed by atoms with Crippen molar-refractivity contribution < 1.29 is 0 Å². The zero-order chi connectivity index (χ0) is 7.68. The van der Waals surface area contributed by atoms with E-state index < -0.39 is 0 Å². The predicted octanol–water partition coefficient (Wildman–Crippen LogP) is 1.21. The van der Waals surface area contributed by atoms with E-state index in [9.17, 15) is 0 Å². The molecule has 1 fully saturated rings. The first-order chi connectivity index (χ1) is 5.36. The molecule has 3 N–H and O–H groups in total. The fraction of sp³-hybridized carbons (Fsp3) is 0.625. The van der Waals surface area contributed by atoms with E-state index in [-0.39, 0.29) is 6.04 Å². The lowest BCUT2D eigenvalue weighted by Gasteiger charge is -2.06. The largest absolute Gasteiger partial charge is 0.324 e. The Labute approximate surface area is 66.0 Å². The summed E-state index contributed by atoms with van der Waals surface area (Å²) in [6.45, 7) is 0. The van der Waals surface area contributed by atoms with Gasteiger partial charge in [-0.3, -0.25) is 5.10 Å². The number of rotatable bonds is 3. The zero-order valence-electron chi connectivity index (χ0n) is 6.46. The number of aromatic amines is 1. The van der Waals surface area contributed by atoms with Crippen LogP contribution in [0.5, 0.6) is 0 Å². The highest BCUT2D eigenvalue weighted by Crippen LogP contribution is 2.36. The number of nitrogens with two attached hydrogens (primary N) is 1. The molecule has 1 aromatic rings. The molecule has 1 saturated carbocycles. The van der Waals surface area contributed by atoms with E-state index in [2.05, 4.69) is 10.2 Å². The van der Waals surface area contributed by atoms with Crippen LogP contribution in [-0.2, 0) is 0 Å². The first kappa shape index (κ1) is 6.85. The maximum Gasteiger partial charge on any atom is 0.0535 e. The van der Waals surface area contributed by atoms with Crippen molar-refractivity contribution in [3.63, 3.8) is 0 Å². The van der Waals surface area contributed by atoms with E-state index in [1.807, 2.05) is 12.4 Å². The van der Waals surface area contributed by atoms with Crippen LogP contribution in [0.25, 0.3) is 0 Å². The summed E-state index contributed by atoms with van der Waals surface area (Å²) in [7, 11) is 0. The Hall–Kier alpha value is -0.830. The molecule has 60 valence electrons. The second-order valence-corrected chi connectivity index (χ2v) is 3.32. The van der Waals surface area contributed by atoms with E-state index in [0.717, 1.165) is 17.9 Å². The standard InChI is InChI=1S/C8H13N3/c9-8(3-6-1-2-6)7-4-10-11-5-7/h4-6,8H,1-3,9H2,(H,10,11). The van der Waals surface area contributed by atoms with Gasteiger partial charge >= 0.3 is 0 Å². The van der Waals surface area contributed by atoms with Gasteiger partial charge in [0.1, 0.15) is 0 Å². The van der Waals surface area contributed by atoms with E-state index in [1.54, 1.807) is 0 Å². The summed E-state index contributed by atoms with van der Waals surface area (Å²) in [5.41, 5.74) is 7.06. The van der Waals surface area contributed by atoms with Gasteiger partial charge in [-0.2, -0.15) is 5.10 Å². The van der Waals surface area contributed by atoms with Crippen LogP contribution in [0.15, 0.2) is 12.4 Å². The van der Waals surface area contributed by atoms with Gasteiger partial charge in [0.05, 0.1) is 6.20 Å². The smallest absolute Gasteiger partial charge is 0.0535 e. The molecule has 0 spiro atoms. The number of H-pyrrole nitrogens is 1. The highest BCUT2D eigenvalue weighted by Gasteiger charge is 2.24. The molecule has 0 bridgehead atoms. The third-order valence-electron chi connectivity index (χ3n) is 2.23. The highest BCUT2D eigenvalue weighted by molar-refractivity contribution is 5.08. The summed E-state index contributed by atoms with van der Waals surface area (Å²) in [5.74, 6) is 0.889. The molecule has 0 radical (unpaired) electrons. The molecule has 2 rings (SSSR count). The van der Waals surface area contributed by atoms with Crippen LogP contribution < -0.4 is 5.73 Å². The van der Waals surface area contributed by atoms with Crippen LogP contribution >= 0.6 is 0 Å². The second kappa shape index (κ2) is 2.66. The van der Waals surface area contributed by atoms with Crippen LogP contribution in [0.2, 0.25) is 0 Å². The molecule has 0 aliphatic heterocycles. The Morgan fingerprint density at radius 1 is 1.73 bits per heavy atom. The van der Waals surface area contributed by atoms with Crippen molar-refractivity contribution in [2.75, 3.05) is 0 Å². The lowest BCUT2D eigenvalue weighted by Crippen LogP contribution is -2.09. The molecule has 3 heteroatoms. The summed E-state index contributed by atoms with van der Waals surface area (Å²) in [6.07, 6.45) is 7.55. The van der Waals surface area contributed by atoms with E-state index in [0.29, 0.717) is 0 Å². The Kier molecular flexibility index (Phi) is 1.66. The molecule has 11 heavy (non-hydrogen) atoms. The molecule has 1 unspecified atom stereocenters. The minimum Gasteiger partial charge on any atom is -0.324 e. The van der Waals surface area contributed by atoms with Crippen molar-refractivity contribution in [2.45, 2.75) is 25.3 Å². The average Bonchev–Trinajstić information content (AvgIpc) is 2.67. The van der Waals surface area contributed by atoms with E-state index >= 15 is 0 Å². The van der Waals surface area contributed by atoms with Crippen molar-refractivity contribution in [1.82, 2.24) is 10.2 Å². The van der Waals surface area contributed by atoms with Crippen LogP contribution in [-0.4, -0.2) is 10.2 Å². The molecule has 1 heterocycles. The van der Waals surface area contributed by atoms with Gasteiger partial charge in [0.15, 0.2) is 0 Å². The number of nitrogens with zero attached hydrogens (tertiary/aromatic N) is 1. The highest BCUT2D eigenvalue weighted by atomic mass is 15.1. The summed E-state index contributed by atoms with van der Waals surface area (Å²) >= 11 is 0. The van der Waals surface area contributed by atoms with Crippen LogP contribution in [0.3, 0.4) is 0 Å². The quantitative estimate of drug-likeness (QED) is 0.682. The summed E-state index contributed by atoms with van der Waals surface area (Å²) in [5, 5.41) is 6.64. The number of aromatic nitrogens is 2. The summed E-state index contributed by atoms with van der Waals surface area (Å²) in [6, 6.07) is 0.196. The Balaban J connectivity index is 1.93. The molecular formula is C8H13N3. The molecular weight excluding hydrogens is 138 g/mol. The molecule has 0 saturated heterocycles. The van der Waals surface area contributed by atoms with Gasteiger partial charge in [0, 0.05) is 17.8 Å². The fourth-order valence-corrected chi connectivity index (χ4v) is 1.31. The first-order valence-electron chi connectivity index (χ1n) is 4.10. The van der Waals surface area contributed by atoms with Gasteiger partial charge in [-0.25, -0.2) is 0 Å². The van der Waals surface area contributed by atoms with Gasteiger partial charge in [0.25, 0.3) is 0 Å². The van der Waals surface area contributed by atoms with Crippen molar-refractivity contribution in [3.8, 4) is 0 Å². The summed E-state index contributed by atoms with van der Waals surface area (Å²) < 4.78 is 0. The SMILES string of the molecule is NC(CC1CC1)c1cn[nH]c1. The third kappa shape index (κ3) is 1.60. The number of nitrogens with one attached hydrogen (secondary N) is 1. The summed E-state index contributed by atoms with van der Waals surface area (Å²) in [4.78, 5) is 0. The number of hydrogen-bond acceptors (Lipinski definition) is 2. The topological polar surface area (TPSA) is 54.7 Å². The van der Waals surface area contributed by atoms with Gasteiger partial charge < -0.3 is 5.73 Å². The lowest BCUT2D eigenvalue weighted by atomic mass is 10.1. The first-order valence-corrected chi connectivity index (χ1v) is 4.10. The maximum absolute atomic E-state index is 5.92. The average molecular weight is 151 g/mol. The van der Waals surface area contributed by atoms with Crippen LogP contribution in [0.4, 0.5) is 0 Å². The second-order valence-electron chi connectivity index (χ2n) is 3.32. The van der Waals surface area contributed by atoms with Gasteiger partial charge in [-0.15, -0.1) is 0 Å². The molecule has 1 atom stereocenters. The third-order valence-corrected chi connectivity index (χ3v) is 2.23. The molecule has 0 amide bonds. The number of hydrogen-bond donors (Lipinski definition) is 2. The van der Waals surface area contributed by atoms with Crippen molar-refractivity contribution >= 4 is 0 Å². The maximum atomic E-state index is 5.92. The molecule has 1 aliphatic rings. The Morgan fingerprint density at radius 2 is 2.55 bits per heavy atom. The van der Waals surface area contributed by atoms with Crippen molar-refractivity contribution in [1.29, 1.82) is 0 Å². The normalized spacial score (nSPS) is 20.1. The van der Waals surface area contributed by atoms with Gasteiger partial charge in [-0.1, -0.05) is 12.8 Å². The van der Waals surface area contributed by atoms with Crippen molar-refractivity contribution in [3.05, 3.63) is 18.0 Å². The minimum atomic E-state index is 0.196. The van der Waals surface area contributed by atoms with Gasteiger partial charge in [-0.05, 0) is 12.3 Å². The Bertz CT molecular complexity index is 213. The lowest BCUT2D eigenvalue weighted by molar-refractivity contribution is 0.597. The Morgan fingerprint density at radius 3 is 3.09 bits per heavy atom. The minimum absolute atomic E-state index is 0.196. The monoisotopic (exact) mass is 151 g/mol. The molecule has 0 aromatic carbocycles. The van der Waals surface area contributed by atoms with Crippen LogP contribution in [0, 0.1) is 5.92 Å². The van der Waals surface area contributed by atoms with Gasteiger partial charge in [0.2, 0.25) is 0 Å². The van der Waals surface area contributed by atoms with Crippen LogP contribution in [0.1, 0.15) is 30.9 Å². The zero-order valence-corrected chi connectivity index (χ0v) is 6.46. The molecule has 1 aromatic heterocycles. The molecule has 1 aliphatic carbocycles. The van der Waals surface area contributed by atoms with Crippen molar-refractivity contribution in [2.24, 2.45) is 11.7 Å². The van der Waals surface area contributed by atoms with E-state index in [4.69, 9.17) is 5.73 Å². The molecule has 3 nitrogen and oxygen atoms in total. The fourth-order valence-electron chi connectivity index (χ4n) is 1.31. The van der Waals surface area contributed by atoms with E-state index in [1.165, 1.54) is 12.8 Å². The predicted molar refractivity (Wildman–Crippen MR) is 42.9 cm³/mol.